The SMILES string of the molecule is CC(CC(C(=O)NCc1cc(C(F)(F)F)cc(C(F)(F)F)c1)c1ccc(F)cc1)N1CCC(c2ccccc2)CC1. The van der Waals surface area contributed by atoms with Gasteiger partial charge in [-0.05, 0) is 92.2 Å². The topological polar surface area (TPSA) is 32.3 Å². The lowest BCUT2D eigenvalue weighted by molar-refractivity contribution is -0.143. The molecule has 2 unspecified atom stereocenters. The lowest BCUT2D eigenvalue weighted by Gasteiger charge is -2.37. The summed E-state index contributed by atoms with van der Waals surface area (Å²) in [7, 11) is 0. The van der Waals surface area contributed by atoms with Gasteiger partial charge in [-0.25, -0.2) is 4.39 Å². The third-order valence-electron chi connectivity index (χ3n) is 7.70. The second-order valence-corrected chi connectivity index (χ2v) is 10.5. The van der Waals surface area contributed by atoms with Crippen molar-refractivity contribution in [2.75, 3.05) is 13.1 Å². The van der Waals surface area contributed by atoms with Crippen molar-refractivity contribution in [3.05, 3.63) is 106 Å². The van der Waals surface area contributed by atoms with Crippen LogP contribution in [0.1, 0.15) is 65.8 Å². The van der Waals surface area contributed by atoms with Crippen molar-refractivity contribution in [3.8, 4) is 0 Å². The quantitative estimate of drug-likeness (QED) is 0.275. The van der Waals surface area contributed by atoms with E-state index in [9.17, 15) is 35.5 Å². The molecule has 0 saturated carbocycles. The molecular weight excluding hydrogens is 549 g/mol. The molecule has 3 aromatic carbocycles. The molecule has 3 aromatic rings. The normalized spacial score (nSPS) is 16.8. The van der Waals surface area contributed by atoms with Gasteiger partial charge in [0.15, 0.2) is 0 Å². The number of alkyl halides is 6. The average Bonchev–Trinajstić information content (AvgIpc) is 2.94. The highest BCUT2D eigenvalue weighted by molar-refractivity contribution is 5.83. The molecule has 1 heterocycles. The van der Waals surface area contributed by atoms with Crippen molar-refractivity contribution in [2.24, 2.45) is 0 Å². The summed E-state index contributed by atoms with van der Waals surface area (Å²) < 4.78 is 93.2. The first kappa shape index (κ1) is 30.6. The van der Waals surface area contributed by atoms with Gasteiger partial charge in [0.05, 0.1) is 17.0 Å². The number of piperidine rings is 1. The number of carbonyl (C=O) groups excluding carboxylic acids is 1. The molecule has 0 radical (unpaired) electrons. The van der Waals surface area contributed by atoms with E-state index in [0.29, 0.717) is 30.0 Å². The van der Waals surface area contributed by atoms with Crippen LogP contribution in [0.2, 0.25) is 0 Å². The van der Waals surface area contributed by atoms with Gasteiger partial charge >= 0.3 is 12.4 Å². The van der Waals surface area contributed by atoms with Gasteiger partial charge in [-0.2, -0.15) is 26.3 Å². The molecule has 2 atom stereocenters. The minimum Gasteiger partial charge on any atom is -0.351 e. The zero-order valence-electron chi connectivity index (χ0n) is 22.4. The fourth-order valence-electron chi connectivity index (χ4n) is 5.41. The van der Waals surface area contributed by atoms with Crippen LogP contribution in [0.4, 0.5) is 30.7 Å². The van der Waals surface area contributed by atoms with Gasteiger partial charge in [-0.3, -0.25) is 4.79 Å². The smallest absolute Gasteiger partial charge is 0.351 e. The number of carbonyl (C=O) groups is 1. The van der Waals surface area contributed by atoms with E-state index >= 15 is 0 Å². The highest BCUT2D eigenvalue weighted by Gasteiger charge is 2.37. The minimum absolute atomic E-state index is 0.0509. The van der Waals surface area contributed by atoms with Crippen LogP contribution < -0.4 is 5.32 Å². The zero-order chi connectivity index (χ0) is 29.8. The van der Waals surface area contributed by atoms with Crippen LogP contribution in [-0.2, 0) is 23.7 Å². The highest BCUT2D eigenvalue weighted by Crippen LogP contribution is 2.36. The predicted molar refractivity (Wildman–Crippen MR) is 142 cm³/mol. The summed E-state index contributed by atoms with van der Waals surface area (Å²) in [5.41, 5.74) is -1.42. The number of halogens is 7. The molecule has 220 valence electrons. The lowest BCUT2D eigenvalue weighted by Crippen LogP contribution is -2.41. The van der Waals surface area contributed by atoms with Gasteiger partial charge in [0.25, 0.3) is 0 Å². The van der Waals surface area contributed by atoms with E-state index in [1.807, 2.05) is 25.1 Å². The Morgan fingerprint density at radius 2 is 1.44 bits per heavy atom. The summed E-state index contributed by atoms with van der Waals surface area (Å²) in [6.07, 6.45) is -7.75. The zero-order valence-corrected chi connectivity index (χ0v) is 22.4. The Kier molecular flexibility index (Phi) is 9.41. The maximum Gasteiger partial charge on any atom is 0.416 e. The summed E-state index contributed by atoms with van der Waals surface area (Å²) >= 11 is 0. The van der Waals surface area contributed by atoms with E-state index in [4.69, 9.17) is 0 Å². The minimum atomic E-state index is -4.99. The molecular formula is C31H31F7N2O. The third-order valence-corrected chi connectivity index (χ3v) is 7.70. The number of hydrogen-bond acceptors (Lipinski definition) is 2. The van der Waals surface area contributed by atoms with E-state index < -0.39 is 47.7 Å². The summed E-state index contributed by atoms with van der Waals surface area (Å²) in [5, 5.41) is 2.52. The molecule has 1 saturated heterocycles. The largest absolute Gasteiger partial charge is 0.416 e. The number of likely N-dealkylation sites (tertiary alicyclic amines) is 1. The van der Waals surface area contributed by atoms with Crippen LogP contribution in [-0.4, -0.2) is 29.9 Å². The first-order valence-corrected chi connectivity index (χ1v) is 13.4. The van der Waals surface area contributed by atoms with Gasteiger partial charge in [0, 0.05) is 12.6 Å². The Balaban J connectivity index is 1.48. The van der Waals surface area contributed by atoms with Crippen LogP contribution in [0, 0.1) is 5.82 Å². The third kappa shape index (κ3) is 8.09. The van der Waals surface area contributed by atoms with Gasteiger partial charge in [0.2, 0.25) is 5.91 Å². The van der Waals surface area contributed by atoms with Crippen molar-refractivity contribution in [1.82, 2.24) is 10.2 Å². The van der Waals surface area contributed by atoms with Crippen molar-refractivity contribution < 1.29 is 35.5 Å². The number of benzene rings is 3. The molecule has 10 heteroatoms. The maximum atomic E-state index is 13.6. The highest BCUT2D eigenvalue weighted by atomic mass is 19.4. The Hall–Kier alpha value is -3.40. The summed E-state index contributed by atoms with van der Waals surface area (Å²) in [6, 6.07) is 16.8. The van der Waals surface area contributed by atoms with Crippen molar-refractivity contribution in [1.29, 1.82) is 0 Å². The molecule has 1 aliphatic rings. The monoisotopic (exact) mass is 580 g/mol. The molecule has 3 nitrogen and oxygen atoms in total. The predicted octanol–water partition coefficient (Wildman–Crippen LogP) is 7.92. The molecule has 4 rings (SSSR count). The van der Waals surface area contributed by atoms with Gasteiger partial charge in [0.1, 0.15) is 5.82 Å². The fourth-order valence-corrected chi connectivity index (χ4v) is 5.41. The number of hydrogen-bond donors (Lipinski definition) is 1. The molecule has 0 aliphatic carbocycles. The number of nitrogens with zero attached hydrogens (tertiary/aromatic N) is 1. The molecule has 0 spiro atoms. The summed E-state index contributed by atoms with van der Waals surface area (Å²) in [5.74, 6) is -1.41. The average molecular weight is 581 g/mol. The van der Waals surface area contributed by atoms with Crippen molar-refractivity contribution in [3.63, 3.8) is 0 Å². The Morgan fingerprint density at radius 3 is 1.98 bits per heavy atom. The first-order valence-electron chi connectivity index (χ1n) is 13.4. The van der Waals surface area contributed by atoms with Crippen molar-refractivity contribution in [2.45, 2.75) is 63.0 Å². The molecule has 1 aliphatic heterocycles. The number of nitrogens with one attached hydrogen (secondary N) is 1. The van der Waals surface area contributed by atoms with Gasteiger partial charge < -0.3 is 10.2 Å². The molecule has 1 N–H and O–H groups in total. The molecule has 1 fully saturated rings. The Labute approximate surface area is 234 Å². The van der Waals surface area contributed by atoms with E-state index in [1.54, 1.807) is 0 Å². The van der Waals surface area contributed by atoms with Crippen LogP contribution in [0.5, 0.6) is 0 Å². The van der Waals surface area contributed by atoms with Gasteiger partial charge in [-0.15, -0.1) is 0 Å². The number of rotatable bonds is 8. The lowest BCUT2D eigenvalue weighted by atomic mass is 9.87. The van der Waals surface area contributed by atoms with E-state index in [1.165, 1.54) is 29.8 Å². The Morgan fingerprint density at radius 1 is 0.878 bits per heavy atom. The van der Waals surface area contributed by atoms with E-state index in [2.05, 4.69) is 22.3 Å². The van der Waals surface area contributed by atoms with Crippen LogP contribution >= 0.6 is 0 Å². The molecule has 41 heavy (non-hydrogen) atoms. The fraction of sp³-hybridized carbons (Fsp3) is 0.387. The second-order valence-electron chi connectivity index (χ2n) is 10.5. The number of amides is 1. The van der Waals surface area contributed by atoms with E-state index in [0.717, 1.165) is 25.9 Å². The summed E-state index contributed by atoms with van der Waals surface area (Å²) in [6.45, 7) is 3.07. The van der Waals surface area contributed by atoms with Crippen LogP contribution in [0.25, 0.3) is 0 Å². The van der Waals surface area contributed by atoms with Crippen LogP contribution in [0.3, 0.4) is 0 Å². The molecule has 0 aromatic heterocycles. The Bertz CT molecular complexity index is 1270. The van der Waals surface area contributed by atoms with Crippen molar-refractivity contribution >= 4 is 5.91 Å². The standard InChI is InChI=1S/C31H31F7N2O/c1-20(40-13-11-23(12-14-40)22-5-3-2-4-6-22)15-28(24-7-9-27(32)10-8-24)29(41)39-19-21-16-25(30(33,34)35)18-26(17-21)31(36,37)38/h2-10,16-18,20,23,28H,11-15,19H2,1H3,(H,39,41). The molecule has 0 bridgehead atoms. The van der Waals surface area contributed by atoms with Gasteiger partial charge in [-0.1, -0.05) is 42.5 Å². The van der Waals surface area contributed by atoms with E-state index in [-0.39, 0.29) is 17.7 Å². The maximum absolute atomic E-state index is 13.6. The molecule has 1 amide bonds. The first-order chi connectivity index (χ1) is 19.3. The van der Waals surface area contributed by atoms with Crippen LogP contribution in [0.15, 0.2) is 72.8 Å². The summed E-state index contributed by atoms with van der Waals surface area (Å²) in [4.78, 5) is 15.6. The second kappa shape index (κ2) is 12.6.